The first-order chi connectivity index (χ1) is 11.6. The molecule has 3 rings (SSSR count). The molecule has 0 aliphatic rings. The van der Waals surface area contributed by atoms with Crippen molar-refractivity contribution in [2.75, 3.05) is 0 Å². The van der Waals surface area contributed by atoms with Crippen molar-refractivity contribution < 1.29 is 13.5 Å². The fourth-order valence-electron chi connectivity index (χ4n) is 1.90. The normalized spacial score (nSPS) is 10.8. The van der Waals surface area contributed by atoms with Crippen molar-refractivity contribution in [2.45, 2.75) is 17.5 Å². The zero-order chi connectivity index (χ0) is 16.9. The maximum atomic E-state index is 12.8. The molecule has 3 aromatic rings. The third kappa shape index (κ3) is 4.02. The molecular formula is C16H14FN3O3S. The van der Waals surface area contributed by atoms with E-state index >= 15 is 0 Å². The zero-order valence-electron chi connectivity index (χ0n) is 12.8. The molecule has 0 atom stereocenters. The molecule has 0 aliphatic heterocycles. The van der Waals surface area contributed by atoms with Crippen molar-refractivity contribution in [1.82, 2.24) is 14.8 Å². The van der Waals surface area contributed by atoms with Crippen molar-refractivity contribution >= 4 is 11.8 Å². The van der Waals surface area contributed by atoms with Gasteiger partial charge in [-0.3, -0.25) is 4.79 Å². The van der Waals surface area contributed by atoms with Gasteiger partial charge in [-0.15, -0.1) is 10.2 Å². The van der Waals surface area contributed by atoms with Crippen LogP contribution in [-0.4, -0.2) is 14.8 Å². The zero-order valence-corrected chi connectivity index (χ0v) is 13.6. The second kappa shape index (κ2) is 7.31. The van der Waals surface area contributed by atoms with Gasteiger partial charge in [-0.2, -0.15) is 0 Å². The highest BCUT2D eigenvalue weighted by Gasteiger charge is 2.08. The predicted octanol–water partition coefficient (Wildman–Crippen LogP) is 2.78. The quantitative estimate of drug-likeness (QED) is 0.639. The summed E-state index contributed by atoms with van der Waals surface area (Å²) in [6, 6.07) is 7.27. The van der Waals surface area contributed by atoms with Crippen LogP contribution in [0, 0.1) is 5.82 Å². The molecular weight excluding hydrogens is 333 g/mol. The standard InChI is InChI=1S/C16H14FN3O3S/c1-20-10-18-19-16(20)24-9-13-6-14(21)15(8-22-13)23-7-11-2-4-12(17)5-3-11/h2-6,8,10H,7,9H2,1H3. The minimum Gasteiger partial charge on any atom is -0.482 e. The van der Waals surface area contributed by atoms with E-state index in [0.717, 1.165) is 10.7 Å². The number of hydrogen-bond acceptors (Lipinski definition) is 6. The van der Waals surface area contributed by atoms with E-state index in [1.165, 1.54) is 36.2 Å². The molecule has 0 saturated heterocycles. The molecule has 0 bridgehead atoms. The van der Waals surface area contributed by atoms with Gasteiger partial charge in [0.25, 0.3) is 0 Å². The van der Waals surface area contributed by atoms with Crippen LogP contribution in [0.4, 0.5) is 4.39 Å². The Kier molecular flexibility index (Phi) is 4.95. The summed E-state index contributed by atoms with van der Waals surface area (Å²) in [5, 5.41) is 8.46. The van der Waals surface area contributed by atoms with E-state index in [1.54, 1.807) is 23.0 Å². The Bertz CT molecular complexity index is 877. The Hall–Kier alpha value is -2.61. The molecule has 0 fully saturated rings. The Balaban J connectivity index is 1.61. The van der Waals surface area contributed by atoms with Crippen molar-refractivity contribution in [1.29, 1.82) is 0 Å². The molecule has 2 aromatic heterocycles. The number of rotatable bonds is 6. The van der Waals surface area contributed by atoms with Gasteiger partial charge in [-0.25, -0.2) is 4.39 Å². The molecule has 0 saturated carbocycles. The lowest BCUT2D eigenvalue weighted by atomic mass is 10.2. The van der Waals surface area contributed by atoms with Crippen LogP contribution in [0.2, 0.25) is 0 Å². The van der Waals surface area contributed by atoms with Gasteiger partial charge in [0, 0.05) is 13.1 Å². The molecule has 0 N–H and O–H groups in total. The Morgan fingerprint density at radius 2 is 2.12 bits per heavy atom. The summed E-state index contributed by atoms with van der Waals surface area (Å²) in [6.45, 7) is 0.165. The molecule has 6 nitrogen and oxygen atoms in total. The second-order valence-corrected chi connectivity index (χ2v) is 5.95. The molecule has 0 spiro atoms. The first-order valence-electron chi connectivity index (χ1n) is 7.07. The van der Waals surface area contributed by atoms with Crippen molar-refractivity contribution in [2.24, 2.45) is 7.05 Å². The van der Waals surface area contributed by atoms with E-state index in [1.807, 2.05) is 7.05 Å². The number of benzene rings is 1. The van der Waals surface area contributed by atoms with Crippen LogP contribution in [0.15, 0.2) is 57.3 Å². The summed E-state index contributed by atoms with van der Waals surface area (Å²) in [7, 11) is 1.84. The van der Waals surface area contributed by atoms with Crippen LogP contribution in [0.3, 0.4) is 0 Å². The third-order valence-corrected chi connectivity index (χ3v) is 4.23. The maximum absolute atomic E-state index is 12.8. The van der Waals surface area contributed by atoms with Gasteiger partial charge in [0.2, 0.25) is 11.2 Å². The van der Waals surface area contributed by atoms with E-state index in [-0.39, 0.29) is 23.6 Å². The molecule has 2 heterocycles. The van der Waals surface area contributed by atoms with Crippen molar-refractivity contribution in [3.63, 3.8) is 0 Å². The fraction of sp³-hybridized carbons (Fsp3) is 0.188. The minimum absolute atomic E-state index is 0.117. The fourth-order valence-corrected chi connectivity index (χ4v) is 2.68. The number of hydrogen-bond donors (Lipinski definition) is 0. The summed E-state index contributed by atoms with van der Waals surface area (Å²) in [6.07, 6.45) is 2.89. The molecule has 0 aliphatic carbocycles. The van der Waals surface area contributed by atoms with E-state index in [9.17, 15) is 9.18 Å². The van der Waals surface area contributed by atoms with E-state index < -0.39 is 0 Å². The smallest absolute Gasteiger partial charge is 0.227 e. The molecule has 0 amide bonds. The topological polar surface area (TPSA) is 70.2 Å². The SMILES string of the molecule is Cn1cnnc1SCc1cc(=O)c(OCc2ccc(F)cc2)co1. The lowest BCUT2D eigenvalue weighted by molar-refractivity contribution is 0.290. The Morgan fingerprint density at radius 1 is 1.33 bits per heavy atom. The maximum Gasteiger partial charge on any atom is 0.227 e. The Morgan fingerprint density at radius 3 is 2.79 bits per heavy atom. The minimum atomic E-state index is -0.317. The van der Waals surface area contributed by atoms with Gasteiger partial charge in [0.05, 0.1) is 5.75 Å². The highest BCUT2D eigenvalue weighted by atomic mass is 32.2. The average Bonchev–Trinajstić information content (AvgIpc) is 2.99. The number of aryl methyl sites for hydroxylation is 1. The number of thioether (sulfide) groups is 1. The summed E-state index contributed by atoms with van der Waals surface area (Å²) in [5.74, 6) is 0.775. The lowest BCUT2D eigenvalue weighted by Gasteiger charge is -2.06. The number of nitrogens with zero attached hydrogens (tertiary/aromatic N) is 3. The molecule has 1 aromatic carbocycles. The second-order valence-electron chi connectivity index (χ2n) is 5.00. The highest BCUT2D eigenvalue weighted by molar-refractivity contribution is 7.98. The van der Waals surface area contributed by atoms with Crippen molar-refractivity contribution in [3.05, 3.63) is 70.3 Å². The largest absolute Gasteiger partial charge is 0.482 e. The van der Waals surface area contributed by atoms with E-state index in [4.69, 9.17) is 9.15 Å². The van der Waals surface area contributed by atoms with Gasteiger partial charge in [-0.05, 0) is 17.7 Å². The van der Waals surface area contributed by atoms with Crippen LogP contribution in [0.25, 0.3) is 0 Å². The van der Waals surface area contributed by atoms with Gasteiger partial charge in [0.1, 0.15) is 30.8 Å². The molecule has 0 radical (unpaired) electrons. The van der Waals surface area contributed by atoms with Crippen LogP contribution >= 0.6 is 11.8 Å². The summed E-state index contributed by atoms with van der Waals surface area (Å²) in [4.78, 5) is 12.1. The average molecular weight is 347 g/mol. The lowest BCUT2D eigenvalue weighted by Crippen LogP contribution is -2.07. The van der Waals surface area contributed by atoms with Crippen LogP contribution < -0.4 is 10.2 Å². The van der Waals surface area contributed by atoms with Gasteiger partial charge < -0.3 is 13.7 Å². The number of halogens is 1. The van der Waals surface area contributed by atoms with E-state index in [2.05, 4.69) is 10.2 Å². The number of aromatic nitrogens is 3. The van der Waals surface area contributed by atoms with Crippen LogP contribution in [0.1, 0.15) is 11.3 Å². The highest BCUT2D eigenvalue weighted by Crippen LogP contribution is 2.20. The number of ether oxygens (including phenoxy) is 1. The molecule has 0 unspecified atom stereocenters. The third-order valence-electron chi connectivity index (χ3n) is 3.17. The van der Waals surface area contributed by atoms with E-state index in [0.29, 0.717) is 11.5 Å². The Labute approximate surface area is 141 Å². The molecule has 24 heavy (non-hydrogen) atoms. The van der Waals surface area contributed by atoms with Gasteiger partial charge in [0.15, 0.2) is 5.16 Å². The van der Waals surface area contributed by atoms with Gasteiger partial charge >= 0.3 is 0 Å². The van der Waals surface area contributed by atoms with Crippen LogP contribution in [-0.2, 0) is 19.4 Å². The molecule has 124 valence electrons. The molecule has 8 heteroatoms. The first kappa shape index (κ1) is 16.3. The van der Waals surface area contributed by atoms with Gasteiger partial charge in [-0.1, -0.05) is 23.9 Å². The predicted molar refractivity (Wildman–Crippen MR) is 86.3 cm³/mol. The monoisotopic (exact) mass is 347 g/mol. The summed E-state index contributed by atoms with van der Waals surface area (Å²) >= 11 is 1.41. The van der Waals surface area contributed by atoms with Crippen LogP contribution in [0.5, 0.6) is 5.75 Å². The summed E-state index contributed by atoms with van der Waals surface area (Å²) < 4.78 is 25.5. The van der Waals surface area contributed by atoms with Crippen molar-refractivity contribution in [3.8, 4) is 5.75 Å². The summed E-state index contributed by atoms with van der Waals surface area (Å²) in [5.41, 5.74) is 0.495. The first-order valence-corrected chi connectivity index (χ1v) is 8.06.